The molecule has 1 fully saturated rings. The lowest BCUT2D eigenvalue weighted by Gasteiger charge is -2.50. The van der Waals surface area contributed by atoms with Gasteiger partial charge >= 0.3 is 6.03 Å². The maximum atomic E-state index is 13.6. The molecule has 0 aliphatic carbocycles. The minimum atomic E-state index is -0.667. The summed E-state index contributed by atoms with van der Waals surface area (Å²) in [6.07, 6.45) is 2.77. The van der Waals surface area contributed by atoms with Gasteiger partial charge in [0.25, 0.3) is 0 Å². The Labute approximate surface area is 162 Å². The number of benzene rings is 2. The molecule has 7 heteroatoms. The van der Waals surface area contributed by atoms with Gasteiger partial charge in [-0.1, -0.05) is 25.1 Å². The van der Waals surface area contributed by atoms with E-state index in [-0.39, 0.29) is 6.03 Å². The van der Waals surface area contributed by atoms with E-state index in [1.54, 1.807) is 11.1 Å². The number of rotatable bonds is 4. The smallest absolute Gasteiger partial charge is 0.341 e. The summed E-state index contributed by atoms with van der Waals surface area (Å²) in [5, 5.41) is 5.45. The molecule has 2 heterocycles. The van der Waals surface area contributed by atoms with Crippen molar-refractivity contribution in [2.24, 2.45) is 5.10 Å². The molecule has 0 bridgehead atoms. The fraction of sp³-hybridized carbons (Fsp3) is 0.333. The van der Waals surface area contributed by atoms with E-state index < -0.39 is 23.3 Å². The van der Waals surface area contributed by atoms with Crippen molar-refractivity contribution < 1.29 is 18.3 Å². The van der Waals surface area contributed by atoms with Gasteiger partial charge < -0.3 is 9.64 Å². The van der Waals surface area contributed by atoms with E-state index >= 15 is 0 Å². The largest absolute Gasteiger partial charge is 0.484 e. The van der Waals surface area contributed by atoms with Crippen molar-refractivity contribution in [2.45, 2.75) is 31.4 Å². The van der Waals surface area contributed by atoms with Gasteiger partial charge in [-0.15, -0.1) is 0 Å². The molecule has 1 atom stereocenters. The van der Waals surface area contributed by atoms with Gasteiger partial charge in [-0.05, 0) is 36.2 Å². The monoisotopic (exact) mass is 385 g/mol. The minimum absolute atomic E-state index is 0.288. The summed E-state index contributed by atoms with van der Waals surface area (Å²) in [5.74, 6) is -0.567. The van der Waals surface area contributed by atoms with Crippen LogP contribution >= 0.6 is 0 Å². The van der Waals surface area contributed by atoms with Crippen LogP contribution in [0.3, 0.4) is 0 Å². The first-order valence-corrected chi connectivity index (χ1v) is 9.30. The summed E-state index contributed by atoms with van der Waals surface area (Å²) < 4.78 is 33.3. The zero-order chi connectivity index (χ0) is 19.7. The molecule has 0 radical (unpaired) electrons. The molecule has 4 rings (SSSR count). The van der Waals surface area contributed by atoms with Gasteiger partial charge in [-0.2, -0.15) is 5.10 Å². The summed E-state index contributed by atoms with van der Waals surface area (Å²) in [6, 6.07) is 12.0. The van der Waals surface area contributed by atoms with Crippen LogP contribution in [-0.2, 0) is 0 Å². The second-order valence-electron chi connectivity index (χ2n) is 7.19. The van der Waals surface area contributed by atoms with Crippen LogP contribution in [0, 0.1) is 11.6 Å². The summed E-state index contributed by atoms with van der Waals surface area (Å²) in [4.78, 5) is 14.6. The van der Waals surface area contributed by atoms with E-state index in [1.807, 2.05) is 37.3 Å². The summed E-state index contributed by atoms with van der Waals surface area (Å²) in [7, 11) is 0. The molecular formula is C21H21F2N3O2. The van der Waals surface area contributed by atoms with Crippen LogP contribution in [0.25, 0.3) is 0 Å². The average molecular weight is 385 g/mol. The van der Waals surface area contributed by atoms with Gasteiger partial charge in [0.15, 0.2) is 0 Å². The van der Waals surface area contributed by atoms with Crippen molar-refractivity contribution in [1.82, 2.24) is 9.91 Å². The molecule has 2 amide bonds. The van der Waals surface area contributed by atoms with Crippen LogP contribution < -0.4 is 4.74 Å². The molecule has 2 aliphatic heterocycles. The van der Waals surface area contributed by atoms with Crippen molar-refractivity contribution in [2.75, 3.05) is 13.1 Å². The van der Waals surface area contributed by atoms with Crippen LogP contribution in [0.5, 0.6) is 5.75 Å². The molecule has 0 N–H and O–H groups in total. The molecule has 0 aromatic heterocycles. The van der Waals surface area contributed by atoms with Crippen LogP contribution in [0.1, 0.15) is 31.4 Å². The maximum Gasteiger partial charge on any atom is 0.341 e. The SMILES string of the molecule is CCC1(Oc2ccccc2)CN(C(=O)N2N=CC[C@H]2c2cc(F)cc(F)c2)C1. The number of hydrogen-bond donors (Lipinski definition) is 0. The lowest BCUT2D eigenvalue weighted by Crippen LogP contribution is -2.67. The molecule has 5 nitrogen and oxygen atoms in total. The molecule has 28 heavy (non-hydrogen) atoms. The van der Waals surface area contributed by atoms with E-state index in [1.165, 1.54) is 17.1 Å². The Morgan fingerprint density at radius 1 is 1.18 bits per heavy atom. The highest BCUT2D eigenvalue weighted by molar-refractivity contribution is 5.79. The summed E-state index contributed by atoms with van der Waals surface area (Å²) >= 11 is 0. The fourth-order valence-electron chi connectivity index (χ4n) is 3.67. The molecule has 0 spiro atoms. The number of carbonyl (C=O) groups excluding carboxylic acids is 1. The standard InChI is InChI=1S/C21H21F2N3O2/c1-2-21(28-18-6-4-3-5-7-18)13-25(14-21)20(27)26-19(8-9-24-26)15-10-16(22)12-17(23)11-15/h3-7,9-12,19H,2,8,13-14H2,1H3/t19-/m0/s1. The van der Waals surface area contributed by atoms with Gasteiger partial charge in [0.2, 0.25) is 0 Å². The van der Waals surface area contributed by atoms with Crippen molar-refractivity contribution >= 4 is 12.2 Å². The second kappa shape index (κ2) is 7.22. The third kappa shape index (κ3) is 3.44. The van der Waals surface area contributed by atoms with Crippen molar-refractivity contribution in [3.63, 3.8) is 0 Å². The lowest BCUT2D eigenvalue weighted by molar-refractivity contribution is -0.0641. The quantitative estimate of drug-likeness (QED) is 0.785. The zero-order valence-corrected chi connectivity index (χ0v) is 15.5. The molecule has 2 aromatic carbocycles. The van der Waals surface area contributed by atoms with Crippen LogP contribution in [0.15, 0.2) is 53.6 Å². The minimum Gasteiger partial charge on any atom is -0.484 e. The number of ether oxygens (including phenoxy) is 1. The van der Waals surface area contributed by atoms with E-state index in [9.17, 15) is 13.6 Å². The Kier molecular flexibility index (Phi) is 4.75. The number of carbonyl (C=O) groups is 1. The number of halogens is 2. The summed E-state index contributed by atoms with van der Waals surface area (Å²) in [6.45, 7) is 2.90. The molecule has 2 aromatic rings. The first-order valence-electron chi connectivity index (χ1n) is 9.30. The number of urea groups is 1. The van der Waals surface area contributed by atoms with Crippen molar-refractivity contribution in [3.05, 3.63) is 65.7 Å². The first kappa shape index (κ1) is 18.4. The van der Waals surface area contributed by atoms with Crippen LogP contribution in [-0.4, -0.2) is 40.8 Å². The third-order valence-electron chi connectivity index (χ3n) is 5.25. The Balaban J connectivity index is 1.45. The van der Waals surface area contributed by atoms with Crippen LogP contribution in [0.4, 0.5) is 13.6 Å². The van der Waals surface area contributed by atoms with E-state index in [2.05, 4.69) is 5.10 Å². The fourth-order valence-corrected chi connectivity index (χ4v) is 3.67. The lowest BCUT2D eigenvalue weighted by atomic mass is 9.91. The van der Waals surface area contributed by atoms with Gasteiger partial charge in [-0.25, -0.2) is 18.6 Å². The Morgan fingerprint density at radius 3 is 2.50 bits per heavy atom. The van der Waals surface area contributed by atoms with Gasteiger partial charge in [0.1, 0.15) is 23.0 Å². The topological polar surface area (TPSA) is 45.1 Å². The predicted octanol–water partition coefficient (Wildman–Crippen LogP) is 4.36. The Morgan fingerprint density at radius 2 is 1.86 bits per heavy atom. The third-order valence-corrected chi connectivity index (χ3v) is 5.25. The number of para-hydroxylation sites is 1. The normalized spacial score (nSPS) is 20.2. The highest BCUT2D eigenvalue weighted by atomic mass is 19.1. The molecule has 2 aliphatic rings. The van der Waals surface area contributed by atoms with Crippen LogP contribution in [0.2, 0.25) is 0 Å². The number of nitrogens with zero attached hydrogens (tertiary/aromatic N) is 3. The number of likely N-dealkylation sites (tertiary alicyclic amines) is 1. The van der Waals surface area contributed by atoms with Gasteiger partial charge in [0, 0.05) is 18.7 Å². The highest BCUT2D eigenvalue weighted by Gasteiger charge is 2.48. The zero-order valence-electron chi connectivity index (χ0n) is 15.5. The molecule has 0 saturated carbocycles. The average Bonchev–Trinajstić information content (AvgIpc) is 3.14. The van der Waals surface area contributed by atoms with Gasteiger partial charge in [0.05, 0.1) is 19.1 Å². The predicted molar refractivity (Wildman–Crippen MR) is 101 cm³/mol. The van der Waals surface area contributed by atoms with E-state index in [0.29, 0.717) is 25.1 Å². The molecule has 0 unspecified atom stereocenters. The molecule has 146 valence electrons. The second-order valence-corrected chi connectivity index (χ2v) is 7.19. The maximum absolute atomic E-state index is 13.6. The molecule has 1 saturated heterocycles. The van der Waals surface area contributed by atoms with E-state index in [0.717, 1.165) is 18.2 Å². The van der Waals surface area contributed by atoms with E-state index in [4.69, 9.17) is 4.74 Å². The van der Waals surface area contributed by atoms with Crippen molar-refractivity contribution in [3.8, 4) is 5.75 Å². The number of hydrazone groups is 1. The Hall–Kier alpha value is -2.96. The highest BCUT2D eigenvalue weighted by Crippen LogP contribution is 2.35. The number of hydrogen-bond acceptors (Lipinski definition) is 3. The molecular weight excluding hydrogens is 364 g/mol. The van der Waals surface area contributed by atoms with Crippen molar-refractivity contribution in [1.29, 1.82) is 0 Å². The summed E-state index contributed by atoms with van der Waals surface area (Å²) in [5.41, 5.74) is -0.0351. The van der Waals surface area contributed by atoms with Gasteiger partial charge in [-0.3, -0.25) is 0 Å². The number of amides is 2. The Bertz CT molecular complexity index is 878. The first-order chi connectivity index (χ1) is 13.5.